The Kier molecular flexibility index (Phi) is 14.8. The lowest BCUT2D eigenvalue weighted by molar-refractivity contribution is -0.119. The van der Waals surface area contributed by atoms with Crippen LogP contribution in [0.4, 0.5) is 0 Å². The topological polar surface area (TPSA) is 17.1 Å². The lowest BCUT2D eigenvalue weighted by Gasteiger charge is -2.14. The maximum absolute atomic E-state index is 11.9. The SMILES string of the molecule is CCCCCCCCCC(=O)CCC(CCC)CCC. The number of hydrogen-bond acceptors (Lipinski definition) is 1. The maximum Gasteiger partial charge on any atom is 0.132 e. The Morgan fingerprint density at radius 1 is 0.650 bits per heavy atom. The number of hydrogen-bond donors (Lipinski definition) is 0. The Morgan fingerprint density at radius 3 is 1.75 bits per heavy atom. The van der Waals surface area contributed by atoms with Crippen molar-refractivity contribution < 1.29 is 4.79 Å². The smallest absolute Gasteiger partial charge is 0.132 e. The summed E-state index contributed by atoms with van der Waals surface area (Å²) >= 11 is 0. The predicted octanol–water partition coefficient (Wildman–Crippen LogP) is 6.69. The molecular formula is C19H38O. The van der Waals surface area contributed by atoms with Crippen molar-refractivity contribution in [2.24, 2.45) is 5.92 Å². The Hall–Kier alpha value is -0.330. The van der Waals surface area contributed by atoms with E-state index in [4.69, 9.17) is 0 Å². The van der Waals surface area contributed by atoms with Crippen LogP contribution in [0.5, 0.6) is 0 Å². The Morgan fingerprint density at radius 2 is 1.20 bits per heavy atom. The van der Waals surface area contributed by atoms with E-state index < -0.39 is 0 Å². The second kappa shape index (κ2) is 15.1. The van der Waals surface area contributed by atoms with E-state index in [1.54, 1.807) is 0 Å². The van der Waals surface area contributed by atoms with Gasteiger partial charge in [-0.1, -0.05) is 85.0 Å². The van der Waals surface area contributed by atoms with Crippen molar-refractivity contribution in [1.82, 2.24) is 0 Å². The van der Waals surface area contributed by atoms with Crippen molar-refractivity contribution in [3.8, 4) is 0 Å². The summed E-state index contributed by atoms with van der Waals surface area (Å²) in [5.41, 5.74) is 0. The molecule has 0 atom stereocenters. The molecule has 0 fully saturated rings. The largest absolute Gasteiger partial charge is 0.300 e. The van der Waals surface area contributed by atoms with E-state index in [1.807, 2.05) is 0 Å². The third-order valence-electron chi connectivity index (χ3n) is 4.28. The molecule has 20 heavy (non-hydrogen) atoms. The molecule has 0 saturated carbocycles. The summed E-state index contributed by atoms with van der Waals surface area (Å²) < 4.78 is 0. The normalized spacial score (nSPS) is 11.2. The van der Waals surface area contributed by atoms with E-state index in [0.717, 1.165) is 31.6 Å². The fourth-order valence-corrected chi connectivity index (χ4v) is 3.02. The van der Waals surface area contributed by atoms with Gasteiger partial charge < -0.3 is 0 Å². The molecular weight excluding hydrogens is 244 g/mol. The fourth-order valence-electron chi connectivity index (χ4n) is 3.02. The maximum atomic E-state index is 11.9. The number of Topliss-reactive ketones (excluding diaryl/α,β-unsaturated/α-hetero) is 1. The number of unbranched alkanes of at least 4 members (excludes halogenated alkanes) is 6. The number of rotatable bonds is 15. The molecule has 120 valence electrons. The molecule has 0 saturated heterocycles. The van der Waals surface area contributed by atoms with E-state index >= 15 is 0 Å². The van der Waals surface area contributed by atoms with Gasteiger partial charge in [-0.05, 0) is 18.8 Å². The number of carbonyl (C=O) groups is 1. The van der Waals surface area contributed by atoms with Crippen molar-refractivity contribution in [1.29, 1.82) is 0 Å². The van der Waals surface area contributed by atoms with Crippen LogP contribution in [0.2, 0.25) is 0 Å². The minimum absolute atomic E-state index is 0.510. The lowest BCUT2D eigenvalue weighted by Crippen LogP contribution is -2.05. The molecule has 0 aromatic rings. The quantitative estimate of drug-likeness (QED) is 0.306. The van der Waals surface area contributed by atoms with Gasteiger partial charge in [-0.3, -0.25) is 4.79 Å². The van der Waals surface area contributed by atoms with Crippen molar-refractivity contribution in [3.05, 3.63) is 0 Å². The minimum atomic E-state index is 0.510. The fraction of sp³-hybridized carbons (Fsp3) is 0.947. The summed E-state index contributed by atoms with van der Waals surface area (Å²) in [6.07, 6.45) is 17.0. The predicted molar refractivity (Wildman–Crippen MR) is 90.2 cm³/mol. The van der Waals surface area contributed by atoms with Crippen LogP contribution in [-0.4, -0.2) is 5.78 Å². The zero-order valence-electron chi connectivity index (χ0n) is 14.4. The average Bonchev–Trinajstić information content (AvgIpc) is 2.44. The molecule has 0 aliphatic carbocycles. The lowest BCUT2D eigenvalue weighted by atomic mass is 9.91. The summed E-state index contributed by atoms with van der Waals surface area (Å²) in [5.74, 6) is 1.30. The van der Waals surface area contributed by atoms with E-state index in [9.17, 15) is 4.79 Å². The van der Waals surface area contributed by atoms with Crippen LogP contribution >= 0.6 is 0 Å². The minimum Gasteiger partial charge on any atom is -0.300 e. The summed E-state index contributed by atoms with van der Waals surface area (Å²) in [6, 6.07) is 0. The monoisotopic (exact) mass is 282 g/mol. The molecule has 0 amide bonds. The van der Waals surface area contributed by atoms with Crippen molar-refractivity contribution >= 4 is 5.78 Å². The van der Waals surface area contributed by atoms with Crippen LogP contribution in [0.25, 0.3) is 0 Å². The average molecular weight is 283 g/mol. The van der Waals surface area contributed by atoms with Crippen LogP contribution in [0.1, 0.15) is 111 Å². The van der Waals surface area contributed by atoms with E-state index in [-0.39, 0.29) is 0 Å². The van der Waals surface area contributed by atoms with Gasteiger partial charge in [0.25, 0.3) is 0 Å². The van der Waals surface area contributed by atoms with Gasteiger partial charge in [-0.2, -0.15) is 0 Å². The van der Waals surface area contributed by atoms with Crippen LogP contribution in [-0.2, 0) is 4.79 Å². The highest BCUT2D eigenvalue weighted by atomic mass is 16.1. The Labute approximate surface area is 127 Å². The first-order valence-electron chi connectivity index (χ1n) is 9.26. The first-order chi connectivity index (χ1) is 9.74. The number of carbonyl (C=O) groups excluding carboxylic acids is 1. The van der Waals surface area contributed by atoms with E-state index in [0.29, 0.717) is 5.78 Å². The zero-order chi connectivity index (χ0) is 15.1. The molecule has 0 heterocycles. The van der Waals surface area contributed by atoms with Gasteiger partial charge in [0.2, 0.25) is 0 Å². The van der Waals surface area contributed by atoms with Crippen LogP contribution in [0.15, 0.2) is 0 Å². The molecule has 1 heteroatoms. The molecule has 1 nitrogen and oxygen atoms in total. The van der Waals surface area contributed by atoms with Gasteiger partial charge in [0.05, 0.1) is 0 Å². The summed E-state index contributed by atoms with van der Waals surface area (Å²) in [7, 11) is 0. The molecule has 0 unspecified atom stereocenters. The van der Waals surface area contributed by atoms with Gasteiger partial charge in [-0.25, -0.2) is 0 Å². The van der Waals surface area contributed by atoms with E-state index in [2.05, 4.69) is 20.8 Å². The van der Waals surface area contributed by atoms with Crippen molar-refractivity contribution in [2.75, 3.05) is 0 Å². The molecule has 0 rings (SSSR count). The summed E-state index contributed by atoms with van der Waals surface area (Å²) in [4.78, 5) is 11.9. The van der Waals surface area contributed by atoms with Gasteiger partial charge in [0, 0.05) is 12.8 Å². The van der Waals surface area contributed by atoms with Gasteiger partial charge in [-0.15, -0.1) is 0 Å². The van der Waals surface area contributed by atoms with Gasteiger partial charge in [0.1, 0.15) is 5.78 Å². The second-order valence-electron chi connectivity index (χ2n) is 6.39. The van der Waals surface area contributed by atoms with Crippen LogP contribution in [0, 0.1) is 5.92 Å². The molecule has 0 N–H and O–H groups in total. The van der Waals surface area contributed by atoms with Crippen LogP contribution < -0.4 is 0 Å². The molecule has 0 aromatic heterocycles. The van der Waals surface area contributed by atoms with E-state index in [1.165, 1.54) is 64.2 Å². The van der Waals surface area contributed by atoms with Gasteiger partial charge in [0.15, 0.2) is 0 Å². The Balaban J connectivity index is 3.47. The third-order valence-corrected chi connectivity index (χ3v) is 4.28. The van der Waals surface area contributed by atoms with Crippen LogP contribution in [0.3, 0.4) is 0 Å². The highest BCUT2D eigenvalue weighted by Gasteiger charge is 2.09. The molecule has 0 aromatic carbocycles. The molecule has 0 radical (unpaired) electrons. The first kappa shape index (κ1) is 19.7. The third kappa shape index (κ3) is 12.7. The molecule has 0 aliphatic heterocycles. The Bertz CT molecular complexity index is 204. The second-order valence-corrected chi connectivity index (χ2v) is 6.39. The van der Waals surface area contributed by atoms with Gasteiger partial charge >= 0.3 is 0 Å². The number of ketones is 1. The van der Waals surface area contributed by atoms with Crippen molar-refractivity contribution in [3.63, 3.8) is 0 Å². The standard InChI is InChI=1S/C19H38O/c1-4-7-8-9-10-11-12-15-19(20)17-16-18(13-5-2)14-6-3/h18H,4-17H2,1-3H3. The zero-order valence-corrected chi connectivity index (χ0v) is 14.4. The molecule has 0 bridgehead atoms. The first-order valence-corrected chi connectivity index (χ1v) is 9.26. The highest BCUT2D eigenvalue weighted by molar-refractivity contribution is 5.78. The summed E-state index contributed by atoms with van der Waals surface area (Å²) in [6.45, 7) is 6.76. The van der Waals surface area contributed by atoms with Crippen molar-refractivity contribution in [2.45, 2.75) is 111 Å². The molecule has 0 spiro atoms. The highest BCUT2D eigenvalue weighted by Crippen LogP contribution is 2.20. The summed E-state index contributed by atoms with van der Waals surface area (Å²) in [5, 5.41) is 0. The molecule has 0 aliphatic rings.